The number of benzene rings is 2. The third-order valence-corrected chi connectivity index (χ3v) is 8.76. The molecular formula is C40H55FN2O7. The molecule has 1 atom stereocenters. The van der Waals surface area contributed by atoms with Crippen molar-refractivity contribution in [2.75, 3.05) is 57.6 Å². The summed E-state index contributed by atoms with van der Waals surface area (Å²) in [4.78, 5) is 20.4. The Hall–Kier alpha value is -3.57. The zero-order valence-electron chi connectivity index (χ0n) is 30.9. The number of aliphatic carboxylic acids is 1. The molecule has 1 fully saturated rings. The average molecular weight is 695 g/mol. The number of aromatic nitrogens is 1. The number of aryl methyl sites for hydroxylation is 1. The summed E-state index contributed by atoms with van der Waals surface area (Å²) in [5.41, 5.74) is 4.84. The fraction of sp³-hybridized carbons (Fsp3) is 0.550. The largest absolute Gasteiger partial charge is 0.493 e. The van der Waals surface area contributed by atoms with Crippen molar-refractivity contribution in [3.63, 3.8) is 0 Å². The van der Waals surface area contributed by atoms with Crippen molar-refractivity contribution >= 4 is 11.7 Å². The van der Waals surface area contributed by atoms with Crippen LogP contribution in [-0.2, 0) is 36.8 Å². The van der Waals surface area contributed by atoms with Crippen LogP contribution < -0.4 is 9.64 Å². The van der Waals surface area contributed by atoms with E-state index in [-0.39, 0.29) is 17.8 Å². The highest BCUT2D eigenvalue weighted by Crippen LogP contribution is 2.45. The van der Waals surface area contributed by atoms with E-state index in [4.69, 9.17) is 28.7 Å². The van der Waals surface area contributed by atoms with Crippen LogP contribution in [0.1, 0.15) is 83.0 Å². The summed E-state index contributed by atoms with van der Waals surface area (Å²) in [5.74, 6) is -0.638. The maximum Gasteiger partial charge on any atom is 0.337 e. The van der Waals surface area contributed by atoms with Crippen LogP contribution in [-0.4, -0.2) is 74.4 Å². The van der Waals surface area contributed by atoms with E-state index in [1.54, 1.807) is 12.1 Å². The van der Waals surface area contributed by atoms with Crippen molar-refractivity contribution in [2.45, 2.75) is 86.0 Å². The van der Waals surface area contributed by atoms with Crippen LogP contribution in [0.15, 0.2) is 48.5 Å². The number of pyridine rings is 1. The highest BCUT2D eigenvalue weighted by atomic mass is 19.1. The highest BCUT2D eigenvalue weighted by molar-refractivity contribution is 5.88. The van der Waals surface area contributed by atoms with E-state index in [1.165, 1.54) is 12.1 Å². The Morgan fingerprint density at radius 2 is 1.56 bits per heavy atom. The van der Waals surface area contributed by atoms with Crippen molar-refractivity contribution in [1.82, 2.24) is 4.98 Å². The van der Waals surface area contributed by atoms with E-state index in [9.17, 15) is 14.3 Å². The first-order valence-electron chi connectivity index (χ1n) is 17.7. The van der Waals surface area contributed by atoms with Gasteiger partial charge in [-0.05, 0) is 88.3 Å². The van der Waals surface area contributed by atoms with Gasteiger partial charge in [0.25, 0.3) is 0 Å². The minimum absolute atomic E-state index is 0.107. The molecule has 0 unspecified atom stereocenters. The fourth-order valence-electron chi connectivity index (χ4n) is 6.05. The van der Waals surface area contributed by atoms with Crippen LogP contribution >= 0.6 is 0 Å². The number of carbonyl (C=O) groups is 1. The summed E-state index contributed by atoms with van der Waals surface area (Å²) in [6.45, 7) is 18.4. The Labute approximate surface area is 297 Å². The molecule has 10 heteroatoms. The average Bonchev–Trinajstić information content (AvgIpc) is 3.06. The van der Waals surface area contributed by atoms with Crippen molar-refractivity contribution in [3.05, 3.63) is 76.9 Å². The minimum atomic E-state index is -1.28. The monoisotopic (exact) mass is 694 g/mol. The highest BCUT2D eigenvalue weighted by Gasteiger charge is 2.37. The number of hydrogen-bond donors (Lipinski definition) is 1. The van der Waals surface area contributed by atoms with E-state index in [0.717, 1.165) is 54.0 Å². The van der Waals surface area contributed by atoms with Gasteiger partial charge in [0.2, 0.25) is 0 Å². The maximum atomic E-state index is 13.3. The summed E-state index contributed by atoms with van der Waals surface area (Å²) < 4.78 is 42.7. The van der Waals surface area contributed by atoms with Crippen molar-refractivity contribution in [1.29, 1.82) is 0 Å². The molecule has 1 aliphatic heterocycles. The first kappa shape index (κ1) is 39.2. The molecule has 50 heavy (non-hydrogen) atoms. The van der Waals surface area contributed by atoms with Crippen molar-refractivity contribution in [2.24, 2.45) is 5.41 Å². The summed E-state index contributed by atoms with van der Waals surface area (Å²) in [6, 6.07) is 14.3. The third kappa shape index (κ3) is 11.5. The van der Waals surface area contributed by atoms with E-state index in [1.807, 2.05) is 58.9 Å². The standard InChI is InChI=1S/C40H55FN2O7/c1-8-46-23-24-47-25-26-48-27-33-35(37(38(44)45)50-39(3,4)5)36(43-20-18-40(6,7)19-21-43)34(28(2)42-33)30-11-15-32(16-12-30)49-22-17-29-9-13-31(41)14-10-29/h9-16,37H,8,17-27H2,1-7H3,(H,44,45)/t37-/m0/s1. The van der Waals surface area contributed by atoms with Crippen LogP contribution in [0.5, 0.6) is 5.75 Å². The molecule has 9 nitrogen and oxygen atoms in total. The Bertz CT molecular complexity index is 1510. The second-order valence-corrected chi connectivity index (χ2v) is 14.5. The fourth-order valence-corrected chi connectivity index (χ4v) is 6.05. The third-order valence-electron chi connectivity index (χ3n) is 8.76. The Morgan fingerprint density at radius 1 is 0.940 bits per heavy atom. The number of hydrogen-bond acceptors (Lipinski definition) is 8. The second kappa shape index (κ2) is 18.1. The lowest BCUT2D eigenvalue weighted by Gasteiger charge is -2.41. The number of ether oxygens (including phenoxy) is 5. The molecule has 1 saturated heterocycles. The summed E-state index contributed by atoms with van der Waals surface area (Å²) in [5, 5.41) is 10.7. The van der Waals surface area contributed by atoms with Gasteiger partial charge >= 0.3 is 5.97 Å². The molecule has 1 aromatic heterocycles. The number of nitrogens with zero attached hydrogens (tertiary/aromatic N) is 2. The van der Waals surface area contributed by atoms with Gasteiger partial charge in [0.15, 0.2) is 6.10 Å². The van der Waals surface area contributed by atoms with Gasteiger partial charge in [-0.15, -0.1) is 0 Å². The second-order valence-electron chi connectivity index (χ2n) is 14.5. The number of anilines is 1. The molecule has 0 bridgehead atoms. The van der Waals surface area contributed by atoms with Gasteiger partial charge in [-0.2, -0.15) is 0 Å². The number of piperidine rings is 1. The Balaban J connectivity index is 1.71. The molecule has 0 spiro atoms. The molecule has 0 radical (unpaired) electrons. The number of rotatable bonds is 18. The van der Waals surface area contributed by atoms with Gasteiger partial charge in [-0.1, -0.05) is 38.1 Å². The van der Waals surface area contributed by atoms with E-state index < -0.39 is 17.7 Å². The van der Waals surface area contributed by atoms with Crippen LogP contribution in [0.4, 0.5) is 10.1 Å². The molecule has 4 rings (SSSR count). The van der Waals surface area contributed by atoms with Crippen LogP contribution in [0.25, 0.3) is 11.1 Å². The Morgan fingerprint density at radius 3 is 2.16 bits per heavy atom. The van der Waals surface area contributed by atoms with Crippen LogP contribution in [0.2, 0.25) is 0 Å². The topological polar surface area (TPSA) is 99.6 Å². The number of carboxylic acids is 1. The summed E-state index contributed by atoms with van der Waals surface area (Å²) in [6.07, 6.45) is 1.28. The molecule has 0 aliphatic carbocycles. The van der Waals surface area contributed by atoms with Gasteiger partial charge in [0.05, 0.1) is 56.6 Å². The van der Waals surface area contributed by atoms with Gasteiger partial charge in [0.1, 0.15) is 11.6 Å². The summed E-state index contributed by atoms with van der Waals surface area (Å²) >= 11 is 0. The smallest absolute Gasteiger partial charge is 0.337 e. The molecule has 274 valence electrons. The first-order chi connectivity index (χ1) is 23.8. The van der Waals surface area contributed by atoms with Crippen LogP contribution in [0, 0.1) is 18.2 Å². The molecule has 2 aromatic carbocycles. The molecule has 2 heterocycles. The SMILES string of the molecule is CCOCCOCCOCc1nc(C)c(-c2ccc(OCCc3ccc(F)cc3)cc2)c(N2CCC(C)(C)CC2)c1[C@H](OC(C)(C)C)C(=O)O. The lowest BCUT2D eigenvalue weighted by Crippen LogP contribution is -2.39. The predicted molar refractivity (Wildman–Crippen MR) is 193 cm³/mol. The summed E-state index contributed by atoms with van der Waals surface area (Å²) in [7, 11) is 0. The predicted octanol–water partition coefficient (Wildman–Crippen LogP) is 7.95. The number of halogens is 1. The van der Waals surface area contributed by atoms with Gasteiger partial charge in [0, 0.05) is 42.9 Å². The molecule has 3 aromatic rings. The first-order valence-corrected chi connectivity index (χ1v) is 17.7. The molecule has 1 aliphatic rings. The van der Waals surface area contributed by atoms with E-state index in [2.05, 4.69) is 18.7 Å². The van der Waals surface area contributed by atoms with E-state index >= 15 is 0 Å². The molecule has 0 amide bonds. The van der Waals surface area contributed by atoms with Gasteiger partial charge in [-0.25, -0.2) is 9.18 Å². The normalized spacial score (nSPS) is 15.2. The van der Waals surface area contributed by atoms with Crippen molar-refractivity contribution in [3.8, 4) is 16.9 Å². The number of carboxylic acid groups (broad SMARTS) is 1. The maximum absolute atomic E-state index is 13.3. The molecule has 0 saturated carbocycles. The Kier molecular flexibility index (Phi) is 14.2. The van der Waals surface area contributed by atoms with E-state index in [0.29, 0.717) is 63.1 Å². The van der Waals surface area contributed by atoms with Crippen LogP contribution in [0.3, 0.4) is 0 Å². The quantitative estimate of drug-likeness (QED) is 0.133. The van der Waals surface area contributed by atoms with Gasteiger partial charge < -0.3 is 33.7 Å². The lowest BCUT2D eigenvalue weighted by molar-refractivity contribution is -0.160. The minimum Gasteiger partial charge on any atom is -0.493 e. The zero-order valence-corrected chi connectivity index (χ0v) is 30.9. The zero-order chi connectivity index (χ0) is 36.3. The molecular weight excluding hydrogens is 639 g/mol. The van der Waals surface area contributed by atoms with Crippen molar-refractivity contribution < 1.29 is 38.0 Å². The molecule has 1 N–H and O–H groups in total. The van der Waals surface area contributed by atoms with Gasteiger partial charge in [-0.3, -0.25) is 4.98 Å². The lowest BCUT2D eigenvalue weighted by atomic mass is 9.81.